The van der Waals surface area contributed by atoms with E-state index in [0.29, 0.717) is 18.5 Å². The van der Waals surface area contributed by atoms with E-state index in [0.717, 1.165) is 19.6 Å². The molecular weight excluding hydrogens is 216 g/mol. The third-order valence-electron chi connectivity index (χ3n) is 3.65. The van der Waals surface area contributed by atoms with E-state index in [4.69, 9.17) is 5.11 Å². The van der Waals surface area contributed by atoms with Crippen LogP contribution < -0.4 is 5.32 Å². The van der Waals surface area contributed by atoms with Gasteiger partial charge in [-0.3, -0.25) is 0 Å². The van der Waals surface area contributed by atoms with E-state index in [-0.39, 0.29) is 6.61 Å². The molecule has 0 aromatic heterocycles. The summed E-state index contributed by atoms with van der Waals surface area (Å²) in [6.45, 7) is 8.08. The molecule has 0 bridgehead atoms. The van der Waals surface area contributed by atoms with Gasteiger partial charge in [0.05, 0.1) is 12.7 Å². The van der Waals surface area contributed by atoms with Crippen LogP contribution in [0.15, 0.2) is 0 Å². The Morgan fingerprint density at radius 2 is 2.24 bits per heavy atom. The van der Waals surface area contributed by atoms with Crippen LogP contribution in [0.5, 0.6) is 0 Å². The second-order valence-corrected chi connectivity index (χ2v) is 5.24. The average molecular weight is 244 g/mol. The molecule has 17 heavy (non-hydrogen) atoms. The van der Waals surface area contributed by atoms with E-state index in [1.807, 2.05) is 0 Å². The molecule has 0 aliphatic carbocycles. The van der Waals surface area contributed by atoms with Crippen LogP contribution in [-0.2, 0) is 0 Å². The monoisotopic (exact) mass is 244 g/mol. The third kappa shape index (κ3) is 5.34. The lowest BCUT2D eigenvalue weighted by Crippen LogP contribution is -2.47. The molecule has 3 N–H and O–H groups in total. The molecule has 1 aliphatic rings. The molecule has 1 fully saturated rings. The van der Waals surface area contributed by atoms with Crippen LogP contribution in [0.4, 0.5) is 0 Å². The molecular formula is C13H28N2O2. The molecule has 0 radical (unpaired) electrons. The Hall–Kier alpha value is -0.160. The Kier molecular flexibility index (Phi) is 7.04. The number of nitrogens with zero attached hydrogens (tertiary/aromatic N) is 1. The highest BCUT2D eigenvalue weighted by atomic mass is 16.3. The van der Waals surface area contributed by atoms with Crippen molar-refractivity contribution in [3.8, 4) is 0 Å². The summed E-state index contributed by atoms with van der Waals surface area (Å²) >= 11 is 0. The SMILES string of the molecule is CCCNC(C)C1CCCN(CC(O)CO)C1. The average Bonchev–Trinajstić information content (AvgIpc) is 2.36. The first-order valence-electron chi connectivity index (χ1n) is 6.92. The fourth-order valence-electron chi connectivity index (χ4n) is 2.56. The van der Waals surface area contributed by atoms with Crippen molar-refractivity contribution in [2.75, 3.05) is 32.8 Å². The van der Waals surface area contributed by atoms with E-state index in [9.17, 15) is 5.11 Å². The maximum Gasteiger partial charge on any atom is 0.0897 e. The van der Waals surface area contributed by atoms with Crippen LogP contribution in [0, 0.1) is 5.92 Å². The number of aliphatic hydroxyl groups excluding tert-OH is 2. The highest BCUT2D eigenvalue weighted by Crippen LogP contribution is 2.19. The topological polar surface area (TPSA) is 55.7 Å². The molecule has 1 saturated heterocycles. The van der Waals surface area contributed by atoms with Gasteiger partial charge in [0, 0.05) is 19.1 Å². The van der Waals surface area contributed by atoms with Crippen molar-refractivity contribution in [2.45, 2.75) is 45.3 Å². The number of hydrogen-bond acceptors (Lipinski definition) is 4. The molecule has 0 spiro atoms. The summed E-state index contributed by atoms with van der Waals surface area (Å²) in [6.07, 6.45) is 3.04. The minimum absolute atomic E-state index is 0.134. The van der Waals surface area contributed by atoms with E-state index < -0.39 is 6.10 Å². The highest BCUT2D eigenvalue weighted by Gasteiger charge is 2.25. The van der Waals surface area contributed by atoms with Crippen molar-refractivity contribution in [1.82, 2.24) is 10.2 Å². The molecule has 102 valence electrons. The highest BCUT2D eigenvalue weighted by molar-refractivity contribution is 4.81. The molecule has 1 heterocycles. The fraction of sp³-hybridized carbons (Fsp3) is 1.00. The standard InChI is InChI=1S/C13H28N2O2/c1-3-6-14-11(2)12-5-4-7-15(8-12)9-13(17)10-16/h11-14,16-17H,3-10H2,1-2H3. The normalized spacial score (nSPS) is 25.8. The Morgan fingerprint density at radius 1 is 1.47 bits per heavy atom. The van der Waals surface area contributed by atoms with E-state index in [1.54, 1.807) is 0 Å². The van der Waals surface area contributed by atoms with Crippen molar-refractivity contribution >= 4 is 0 Å². The second-order valence-electron chi connectivity index (χ2n) is 5.24. The molecule has 1 aliphatic heterocycles. The molecule has 4 nitrogen and oxygen atoms in total. The summed E-state index contributed by atoms with van der Waals surface area (Å²) < 4.78 is 0. The Balaban J connectivity index is 2.32. The van der Waals surface area contributed by atoms with E-state index in [1.165, 1.54) is 19.3 Å². The number of nitrogens with one attached hydrogen (secondary N) is 1. The molecule has 0 aromatic rings. The summed E-state index contributed by atoms with van der Waals surface area (Å²) in [6, 6.07) is 0.545. The minimum Gasteiger partial charge on any atom is -0.394 e. The first kappa shape index (κ1) is 14.9. The van der Waals surface area contributed by atoms with Gasteiger partial charge in [-0.25, -0.2) is 0 Å². The summed E-state index contributed by atoms with van der Waals surface area (Å²) in [7, 11) is 0. The van der Waals surface area contributed by atoms with Crippen LogP contribution in [-0.4, -0.2) is 60.0 Å². The van der Waals surface area contributed by atoms with Crippen LogP contribution in [0.25, 0.3) is 0 Å². The van der Waals surface area contributed by atoms with Crippen LogP contribution >= 0.6 is 0 Å². The van der Waals surface area contributed by atoms with Crippen molar-refractivity contribution in [1.29, 1.82) is 0 Å². The van der Waals surface area contributed by atoms with Gasteiger partial charge in [0.15, 0.2) is 0 Å². The Bertz CT molecular complexity index is 202. The van der Waals surface area contributed by atoms with E-state index >= 15 is 0 Å². The largest absolute Gasteiger partial charge is 0.394 e. The number of rotatable bonds is 7. The van der Waals surface area contributed by atoms with Crippen molar-refractivity contribution in [3.63, 3.8) is 0 Å². The van der Waals surface area contributed by atoms with Gasteiger partial charge in [-0.05, 0) is 45.2 Å². The minimum atomic E-state index is -0.590. The van der Waals surface area contributed by atoms with Gasteiger partial charge in [-0.2, -0.15) is 0 Å². The molecule has 3 unspecified atom stereocenters. The lowest BCUT2D eigenvalue weighted by Gasteiger charge is -2.36. The molecule has 4 heteroatoms. The quantitative estimate of drug-likeness (QED) is 0.608. The molecule has 3 atom stereocenters. The predicted molar refractivity (Wildman–Crippen MR) is 70.0 cm³/mol. The van der Waals surface area contributed by atoms with Crippen molar-refractivity contribution in [3.05, 3.63) is 0 Å². The van der Waals surface area contributed by atoms with Crippen LogP contribution in [0.3, 0.4) is 0 Å². The zero-order valence-electron chi connectivity index (χ0n) is 11.2. The Labute approximate surface area is 105 Å². The summed E-state index contributed by atoms with van der Waals surface area (Å²) in [5.74, 6) is 0.668. The van der Waals surface area contributed by atoms with Gasteiger partial charge < -0.3 is 20.4 Å². The molecule has 0 saturated carbocycles. The Morgan fingerprint density at radius 3 is 2.88 bits per heavy atom. The van der Waals surface area contributed by atoms with Crippen LogP contribution in [0.1, 0.15) is 33.1 Å². The first-order chi connectivity index (χ1) is 8.17. The summed E-state index contributed by atoms with van der Waals surface area (Å²) in [4.78, 5) is 2.28. The third-order valence-corrected chi connectivity index (χ3v) is 3.65. The molecule has 0 amide bonds. The lowest BCUT2D eigenvalue weighted by molar-refractivity contribution is 0.0409. The van der Waals surface area contributed by atoms with Crippen molar-refractivity contribution < 1.29 is 10.2 Å². The van der Waals surface area contributed by atoms with Gasteiger partial charge in [0.2, 0.25) is 0 Å². The van der Waals surface area contributed by atoms with Crippen LogP contribution in [0.2, 0.25) is 0 Å². The second kappa shape index (κ2) is 8.03. The lowest BCUT2D eigenvalue weighted by atomic mass is 9.91. The molecule has 1 rings (SSSR count). The van der Waals surface area contributed by atoms with Gasteiger partial charge in [-0.1, -0.05) is 6.92 Å². The number of aliphatic hydroxyl groups is 2. The number of hydrogen-bond donors (Lipinski definition) is 3. The van der Waals surface area contributed by atoms with E-state index in [2.05, 4.69) is 24.1 Å². The molecule has 0 aromatic carbocycles. The zero-order valence-corrected chi connectivity index (χ0v) is 11.2. The van der Waals surface area contributed by atoms with Gasteiger partial charge in [0.25, 0.3) is 0 Å². The summed E-state index contributed by atoms with van der Waals surface area (Å²) in [5, 5.41) is 21.9. The maximum absolute atomic E-state index is 9.47. The summed E-state index contributed by atoms with van der Waals surface area (Å²) in [5.41, 5.74) is 0. The predicted octanol–water partition coefficient (Wildman–Crippen LogP) is 0.440. The number of likely N-dealkylation sites (tertiary alicyclic amines) is 1. The number of piperidine rings is 1. The number of β-amino-alcohol motifs (C(OH)–C–C–N with tert-alkyl or cyclic N) is 1. The first-order valence-corrected chi connectivity index (χ1v) is 6.92. The van der Waals surface area contributed by atoms with Crippen molar-refractivity contribution in [2.24, 2.45) is 5.92 Å². The fourth-order valence-corrected chi connectivity index (χ4v) is 2.56. The smallest absolute Gasteiger partial charge is 0.0897 e. The zero-order chi connectivity index (χ0) is 12.7. The maximum atomic E-state index is 9.47. The van der Waals surface area contributed by atoms with Gasteiger partial charge in [-0.15, -0.1) is 0 Å². The van der Waals surface area contributed by atoms with Gasteiger partial charge >= 0.3 is 0 Å². The van der Waals surface area contributed by atoms with Gasteiger partial charge in [0.1, 0.15) is 0 Å².